The molecular weight excluding hydrogens is 430 g/mol. The number of nitrogens with zero attached hydrogens (tertiary/aromatic N) is 1. The minimum absolute atomic E-state index is 0.199. The fourth-order valence-corrected chi connectivity index (χ4v) is 3.82. The molecule has 0 saturated carbocycles. The van der Waals surface area contributed by atoms with Gasteiger partial charge in [-0.1, -0.05) is 43.3 Å². The summed E-state index contributed by atoms with van der Waals surface area (Å²) >= 11 is 3.48. The second kappa shape index (κ2) is 8.21. The zero-order valence-electron chi connectivity index (χ0n) is 16.0. The van der Waals surface area contributed by atoms with Gasteiger partial charge in [0.15, 0.2) is 0 Å². The van der Waals surface area contributed by atoms with Crippen LogP contribution < -0.4 is 4.74 Å². The topological polar surface area (TPSA) is 46.6 Å². The Kier molecular flexibility index (Phi) is 5.49. The summed E-state index contributed by atoms with van der Waals surface area (Å²) in [6.45, 7) is 2.50. The molecule has 4 nitrogen and oxygen atoms in total. The summed E-state index contributed by atoms with van der Waals surface area (Å²) in [6, 6.07) is 22.6. The minimum atomic E-state index is -0.199. The van der Waals surface area contributed by atoms with Crippen molar-refractivity contribution < 1.29 is 14.3 Å². The lowest BCUT2D eigenvalue weighted by Crippen LogP contribution is -2.31. The van der Waals surface area contributed by atoms with Crippen molar-refractivity contribution in [2.24, 2.45) is 0 Å². The second-order valence-electron chi connectivity index (χ2n) is 7.10. The third-order valence-electron chi connectivity index (χ3n) is 5.18. The first-order valence-corrected chi connectivity index (χ1v) is 10.3. The van der Waals surface area contributed by atoms with E-state index in [-0.39, 0.29) is 17.7 Å². The molecule has 0 bridgehead atoms. The highest BCUT2D eigenvalue weighted by atomic mass is 79.9. The fourth-order valence-electron chi connectivity index (χ4n) is 3.45. The van der Waals surface area contributed by atoms with Crippen LogP contribution in [0.25, 0.3) is 0 Å². The Morgan fingerprint density at radius 1 is 0.862 bits per heavy atom. The van der Waals surface area contributed by atoms with Gasteiger partial charge in [0.05, 0.1) is 15.6 Å². The molecular formula is C24H20BrNO3. The number of fused-ring (bicyclic) bond motifs is 1. The smallest absolute Gasteiger partial charge is 0.261 e. The van der Waals surface area contributed by atoms with Crippen LogP contribution in [0.2, 0.25) is 0 Å². The van der Waals surface area contributed by atoms with Crippen LogP contribution >= 0.6 is 15.9 Å². The summed E-state index contributed by atoms with van der Waals surface area (Å²) in [7, 11) is 0. The molecule has 1 heterocycles. The van der Waals surface area contributed by atoms with Crippen molar-refractivity contribution in [1.29, 1.82) is 0 Å². The minimum Gasteiger partial charge on any atom is -0.456 e. The van der Waals surface area contributed by atoms with E-state index in [2.05, 4.69) is 22.9 Å². The van der Waals surface area contributed by atoms with Crippen LogP contribution in [0.15, 0.2) is 77.3 Å². The number of imide groups is 1. The second-order valence-corrected chi connectivity index (χ2v) is 7.95. The zero-order chi connectivity index (χ0) is 20.4. The quantitative estimate of drug-likeness (QED) is 0.431. The predicted octanol–water partition coefficient (Wildman–Crippen LogP) is 6.03. The zero-order valence-corrected chi connectivity index (χ0v) is 17.6. The maximum absolute atomic E-state index is 12.5. The van der Waals surface area contributed by atoms with Crippen LogP contribution in [0.5, 0.6) is 11.5 Å². The maximum Gasteiger partial charge on any atom is 0.261 e. The van der Waals surface area contributed by atoms with Gasteiger partial charge in [-0.05, 0) is 70.2 Å². The first-order chi connectivity index (χ1) is 14.0. The fraction of sp³-hybridized carbons (Fsp3) is 0.167. The van der Waals surface area contributed by atoms with Crippen LogP contribution in [0.1, 0.15) is 45.5 Å². The summed E-state index contributed by atoms with van der Waals surface area (Å²) in [5, 5.41) is 0. The van der Waals surface area contributed by atoms with Crippen LogP contribution in [0.4, 0.5) is 0 Å². The lowest BCUT2D eigenvalue weighted by atomic mass is 9.97. The van der Waals surface area contributed by atoms with E-state index in [9.17, 15) is 9.59 Å². The number of ether oxygens (including phenoxy) is 1. The molecule has 3 aromatic carbocycles. The molecule has 3 aromatic rings. The molecule has 4 rings (SSSR count). The number of amides is 2. The van der Waals surface area contributed by atoms with E-state index >= 15 is 0 Å². The number of para-hydroxylation sites is 1. The maximum atomic E-state index is 12.5. The van der Waals surface area contributed by atoms with Gasteiger partial charge in [-0.2, -0.15) is 0 Å². The van der Waals surface area contributed by atoms with Crippen molar-refractivity contribution in [2.45, 2.75) is 19.3 Å². The molecule has 0 spiro atoms. The van der Waals surface area contributed by atoms with E-state index in [0.717, 1.165) is 21.5 Å². The predicted molar refractivity (Wildman–Crippen MR) is 115 cm³/mol. The number of rotatable bonds is 6. The molecule has 2 amide bonds. The summed E-state index contributed by atoms with van der Waals surface area (Å²) < 4.78 is 6.81. The summed E-state index contributed by atoms with van der Waals surface area (Å²) in [6.07, 6.45) is 0.704. The lowest BCUT2D eigenvalue weighted by molar-refractivity contribution is 0.0650. The van der Waals surface area contributed by atoms with Gasteiger partial charge in [-0.25, -0.2) is 0 Å². The van der Waals surface area contributed by atoms with E-state index in [1.54, 1.807) is 24.3 Å². The molecule has 1 aliphatic rings. The van der Waals surface area contributed by atoms with E-state index in [0.29, 0.717) is 24.1 Å². The molecule has 1 aliphatic heterocycles. The Bertz CT molecular complexity index is 1030. The van der Waals surface area contributed by atoms with Crippen molar-refractivity contribution in [2.75, 3.05) is 6.54 Å². The molecule has 0 aromatic heterocycles. The Morgan fingerprint density at radius 2 is 1.45 bits per heavy atom. The van der Waals surface area contributed by atoms with Gasteiger partial charge in [-0.15, -0.1) is 0 Å². The first-order valence-electron chi connectivity index (χ1n) is 9.52. The van der Waals surface area contributed by atoms with Gasteiger partial charge >= 0.3 is 0 Å². The summed E-state index contributed by atoms with van der Waals surface area (Å²) in [5.41, 5.74) is 2.14. The number of hydrogen-bond acceptors (Lipinski definition) is 3. The molecule has 146 valence electrons. The van der Waals surface area contributed by atoms with Gasteiger partial charge in [0, 0.05) is 6.54 Å². The largest absolute Gasteiger partial charge is 0.456 e. The van der Waals surface area contributed by atoms with Crippen LogP contribution in [0.3, 0.4) is 0 Å². The normalized spacial score (nSPS) is 14.1. The van der Waals surface area contributed by atoms with E-state index in [1.807, 2.05) is 48.5 Å². The summed E-state index contributed by atoms with van der Waals surface area (Å²) in [4.78, 5) is 26.3. The number of carbonyl (C=O) groups excluding carboxylic acids is 2. The monoisotopic (exact) mass is 449 g/mol. The van der Waals surface area contributed by atoms with Gasteiger partial charge in [0.25, 0.3) is 11.8 Å². The molecule has 1 unspecified atom stereocenters. The molecule has 29 heavy (non-hydrogen) atoms. The van der Waals surface area contributed by atoms with Crippen LogP contribution in [-0.2, 0) is 0 Å². The van der Waals surface area contributed by atoms with E-state index in [1.165, 1.54) is 4.90 Å². The third kappa shape index (κ3) is 3.96. The van der Waals surface area contributed by atoms with E-state index in [4.69, 9.17) is 4.74 Å². The third-order valence-corrected chi connectivity index (χ3v) is 5.83. The van der Waals surface area contributed by atoms with Crippen molar-refractivity contribution in [1.82, 2.24) is 4.90 Å². The van der Waals surface area contributed by atoms with Gasteiger partial charge in [-0.3, -0.25) is 14.5 Å². The van der Waals surface area contributed by atoms with Crippen LogP contribution in [-0.4, -0.2) is 23.3 Å². The number of halogens is 1. The van der Waals surface area contributed by atoms with Crippen molar-refractivity contribution in [3.05, 3.63) is 94.0 Å². The summed E-state index contributed by atoms with van der Waals surface area (Å²) in [5.74, 6) is 1.33. The first kappa shape index (κ1) is 19.4. The van der Waals surface area contributed by atoms with Crippen molar-refractivity contribution >= 4 is 27.7 Å². The molecule has 0 N–H and O–H groups in total. The number of carbonyl (C=O) groups is 2. The molecule has 0 aliphatic carbocycles. The van der Waals surface area contributed by atoms with Crippen molar-refractivity contribution in [3.8, 4) is 11.5 Å². The number of hydrogen-bond donors (Lipinski definition) is 0. The molecule has 0 saturated heterocycles. The van der Waals surface area contributed by atoms with Gasteiger partial charge in [0.2, 0.25) is 0 Å². The van der Waals surface area contributed by atoms with E-state index < -0.39 is 0 Å². The van der Waals surface area contributed by atoms with Gasteiger partial charge in [0.1, 0.15) is 11.5 Å². The van der Waals surface area contributed by atoms with Crippen LogP contribution in [0, 0.1) is 0 Å². The highest BCUT2D eigenvalue weighted by Crippen LogP contribution is 2.31. The average molecular weight is 450 g/mol. The number of benzene rings is 3. The highest BCUT2D eigenvalue weighted by molar-refractivity contribution is 9.10. The molecule has 5 heteroatoms. The standard InChI is InChI=1S/C24H20BrNO3/c1-16(14-15-26-23(27)19-6-2-3-7-20(19)24(26)28)17-10-12-18(13-11-17)29-22-9-5-4-8-21(22)25/h2-13,16H,14-15H2,1H3. The average Bonchev–Trinajstić information content (AvgIpc) is 2.99. The Labute approximate surface area is 178 Å². The SMILES string of the molecule is CC(CCN1C(=O)c2ccccc2C1=O)c1ccc(Oc2ccccc2Br)cc1. The molecule has 0 radical (unpaired) electrons. The molecule has 0 fully saturated rings. The highest BCUT2D eigenvalue weighted by Gasteiger charge is 2.34. The van der Waals surface area contributed by atoms with Crippen molar-refractivity contribution in [3.63, 3.8) is 0 Å². The van der Waals surface area contributed by atoms with Gasteiger partial charge < -0.3 is 4.74 Å². The molecule has 1 atom stereocenters. The Hall–Kier alpha value is -2.92. The Balaban J connectivity index is 1.38. The lowest BCUT2D eigenvalue weighted by Gasteiger charge is -2.18. The Morgan fingerprint density at radius 3 is 2.07 bits per heavy atom.